The monoisotopic (exact) mass is 212 g/mol. The second kappa shape index (κ2) is 5.39. The molecule has 0 aliphatic carbocycles. The molecule has 12 heavy (non-hydrogen) atoms. The van der Waals surface area contributed by atoms with Crippen molar-refractivity contribution in [2.45, 2.75) is 0 Å². The molecule has 0 aliphatic heterocycles. The molecule has 5 nitrogen and oxygen atoms in total. The lowest BCUT2D eigenvalue weighted by Gasteiger charge is -2.02. The Morgan fingerprint density at radius 3 is 2.42 bits per heavy atom. The molecule has 0 saturated carbocycles. The van der Waals surface area contributed by atoms with Crippen LogP contribution in [0, 0.1) is 0 Å². The summed E-state index contributed by atoms with van der Waals surface area (Å²) in [4.78, 5) is 10.6. The van der Waals surface area contributed by atoms with Gasteiger partial charge in [0.15, 0.2) is 0 Å². The highest BCUT2D eigenvalue weighted by Gasteiger charge is 1.99. The summed E-state index contributed by atoms with van der Waals surface area (Å²) in [5.41, 5.74) is 0. The van der Waals surface area contributed by atoms with Gasteiger partial charge in [-0.2, -0.15) is 12.6 Å². The molecule has 0 rings (SSSR count). The third kappa shape index (κ3) is 7.83. The first-order chi connectivity index (χ1) is 5.45. The molecule has 1 amide bonds. The normalized spacial score (nSPS) is 11.2. The Hall–Kier alpha value is -0.270. The highest BCUT2D eigenvalue weighted by atomic mass is 32.2. The summed E-state index contributed by atoms with van der Waals surface area (Å²) in [7, 11) is -3.15. The van der Waals surface area contributed by atoms with Gasteiger partial charge in [0.1, 0.15) is 0 Å². The van der Waals surface area contributed by atoms with Gasteiger partial charge < -0.3 is 5.32 Å². The topological polar surface area (TPSA) is 75.3 Å². The van der Waals surface area contributed by atoms with Crippen LogP contribution in [0.25, 0.3) is 0 Å². The number of hydrogen-bond acceptors (Lipinski definition) is 4. The Morgan fingerprint density at radius 1 is 1.42 bits per heavy atom. The van der Waals surface area contributed by atoms with Crippen molar-refractivity contribution in [1.82, 2.24) is 10.0 Å². The largest absolute Gasteiger partial charge is 0.354 e. The van der Waals surface area contributed by atoms with Crippen LogP contribution >= 0.6 is 12.6 Å². The zero-order chi connectivity index (χ0) is 9.61. The van der Waals surface area contributed by atoms with E-state index in [9.17, 15) is 13.2 Å². The molecule has 0 spiro atoms. The van der Waals surface area contributed by atoms with Crippen LogP contribution in [0.1, 0.15) is 0 Å². The molecule has 0 unspecified atom stereocenters. The molecule has 0 atom stereocenters. The summed E-state index contributed by atoms with van der Waals surface area (Å²) in [6.45, 7) is 0.491. The van der Waals surface area contributed by atoms with E-state index < -0.39 is 10.0 Å². The van der Waals surface area contributed by atoms with Crippen LogP contribution < -0.4 is 10.0 Å². The molecule has 0 aromatic carbocycles. The maximum absolute atomic E-state index is 10.6. The molecule has 0 bridgehead atoms. The first-order valence-corrected chi connectivity index (χ1v) is 5.80. The van der Waals surface area contributed by atoms with Crippen molar-refractivity contribution >= 4 is 28.6 Å². The number of thiol groups is 1. The third-order valence-electron chi connectivity index (χ3n) is 0.955. The molecule has 7 heteroatoms. The van der Waals surface area contributed by atoms with Crippen molar-refractivity contribution in [1.29, 1.82) is 0 Å². The Balaban J connectivity index is 3.40. The van der Waals surface area contributed by atoms with Gasteiger partial charge in [0, 0.05) is 13.1 Å². The predicted octanol–water partition coefficient (Wildman–Crippen LogP) is -1.42. The minimum absolute atomic E-state index is 0.110. The van der Waals surface area contributed by atoms with Gasteiger partial charge in [-0.25, -0.2) is 13.1 Å². The molecule has 72 valence electrons. The standard InChI is InChI=1S/C5H12N2O3S2/c1-12(9,10)7-3-2-6-5(8)4-11/h7,11H,2-4H2,1H3,(H,6,8). The lowest BCUT2D eigenvalue weighted by Crippen LogP contribution is -2.34. The minimum atomic E-state index is -3.15. The van der Waals surface area contributed by atoms with Crippen molar-refractivity contribution in [2.24, 2.45) is 0 Å². The molecule has 0 fully saturated rings. The minimum Gasteiger partial charge on any atom is -0.354 e. The van der Waals surface area contributed by atoms with Gasteiger partial charge >= 0.3 is 0 Å². The van der Waals surface area contributed by atoms with Crippen molar-refractivity contribution in [3.63, 3.8) is 0 Å². The molecular weight excluding hydrogens is 200 g/mol. The van der Waals surface area contributed by atoms with E-state index in [1.165, 1.54) is 0 Å². The molecule has 2 N–H and O–H groups in total. The fourth-order valence-electron chi connectivity index (χ4n) is 0.494. The second-order valence-electron chi connectivity index (χ2n) is 2.17. The molecule has 0 saturated heterocycles. The maximum Gasteiger partial charge on any atom is 0.229 e. The van der Waals surface area contributed by atoms with Gasteiger partial charge in [0.25, 0.3) is 0 Å². The summed E-state index contributed by atoms with van der Waals surface area (Å²) in [6, 6.07) is 0. The van der Waals surface area contributed by atoms with Gasteiger partial charge in [-0.3, -0.25) is 4.79 Å². The molecule has 0 aromatic heterocycles. The van der Waals surface area contributed by atoms with E-state index in [1.807, 2.05) is 0 Å². The predicted molar refractivity (Wildman–Crippen MR) is 49.7 cm³/mol. The van der Waals surface area contributed by atoms with E-state index in [0.717, 1.165) is 6.26 Å². The van der Waals surface area contributed by atoms with Gasteiger partial charge in [-0.05, 0) is 0 Å². The highest BCUT2D eigenvalue weighted by molar-refractivity contribution is 7.88. The van der Waals surface area contributed by atoms with Gasteiger partial charge in [0.05, 0.1) is 12.0 Å². The van der Waals surface area contributed by atoms with Gasteiger partial charge in [-0.15, -0.1) is 0 Å². The van der Waals surface area contributed by atoms with Crippen LogP contribution in [-0.2, 0) is 14.8 Å². The number of carbonyl (C=O) groups is 1. The van der Waals surface area contributed by atoms with Gasteiger partial charge in [0.2, 0.25) is 15.9 Å². The number of sulfonamides is 1. The average molecular weight is 212 g/mol. The van der Waals surface area contributed by atoms with Gasteiger partial charge in [-0.1, -0.05) is 0 Å². The van der Waals surface area contributed by atoms with E-state index in [2.05, 4.69) is 22.7 Å². The Labute approximate surface area is 77.4 Å². The Kier molecular flexibility index (Phi) is 5.27. The second-order valence-corrected chi connectivity index (χ2v) is 4.32. The fourth-order valence-corrected chi connectivity index (χ4v) is 1.08. The third-order valence-corrected chi connectivity index (χ3v) is 1.97. The number of amides is 1. The maximum atomic E-state index is 10.6. The summed E-state index contributed by atoms with van der Waals surface area (Å²) in [5.74, 6) is -0.104. The number of rotatable bonds is 5. The molecule has 0 heterocycles. The van der Waals surface area contributed by atoms with Crippen molar-refractivity contribution < 1.29 is 13.2 Å². The van der Waals surface area contributed by atoms with Crippen LogP contribution in [0.5, 0.6) is 0 Å². The summed E-state index contributed by atoms with van der Waals surface area (Å²) in [5, 5.41) is 2.46. The van der Waals surface area contributed by atoms with E-state index in [-0.39, 0.29) is 24.7 Å². The van der Waals surface area contributed by atoms with E-state index >= 15 is 0 Å². The highest BCUT2D eigenvalue weighted by Crippen LogP contribution is 1.73. The fraction of sp³-hybridized carbons (Fsp3) is 0.800. The molecule has 0 aliphatic rings. The number of nitrogens with one attached hydrogen (secondary N) is 2. The summed E-state index contributed by atoms with van der Waals surface area (Å²) in [6.07, 6.45) is 1.06. The Bertz CT molecular complexity index is 237. The van der Waals surface area contributed by atoms with Crippen molar-refractivity contribution in [2.75, 3.05) is 25.1 Å². The van der Waals surface area contributed by atoms with Crippen LogP contribution in [0.15, 0.2) is 0 Å². The first-order valence-electron chi connectivity index (χ1n) is 3.28. The Morgan fingerprint density at radius 2 is 2.00 bits per heavy atom. The zero-order valence-corrected chi connectivity index (χ0v) is 8.41. The first kappa shape index (κ1) is 11.7. The SMILES string of the molecule is CS(=O)(=O)NCCNC(=O)CS. The van der Waals surface area contributed by atoms with Crippen LogP contribution in [0.3, 0.4) is 0 Å². The van der Waals surface area contributed by atoms with Crippen LogP contribution in [0.4, 0.5) is 0 Å². The number of carbonyl (C=O) groups excluding carboxylic acids is 1. The van der Waals surface area contributed by atoms with Crippen molar-refractivity contribution in [3.8, 4) is 0 Å². The van der Waals surface area contributed by atoms with Crippen LogP contribution in [-0.4, -0.2) is 39.4 Å². The molecular formula is C5H12N2O3S2. The van der Waals surface area contributed by atoms with Crippen molar-refractivity contribution in [3.05, 3.63) is 0 Å². The average Bonchev–Trinajstić information content (AvgIpc) is 1.96. The zero-order valence-electron chi connectivity index (χ0n) is 6.70. The van der Waals surface area contributed by atoms with E-state index in [1.54, 1.807) is 0 Å². The van der Waals surface area contributed by atoms with E-state index in [4.69, 9.17) is 0 Å². The van der Waals surface area contributed by atoms with E-state index in [0.29, 0.717) is 0 Å². The molecule has 0 radical (unpaired) electrons. The summed E-state index contributed by atoms with van der Waals surface area (Å²) < 4.78 is 23.2. The smallest absolute Gasteiger partial charge is 0.229 e. The summed E-state index contributed by atoms with van der Waals surface area (Å²) >= 11 is 3.72. The van der Waals surface area contributed by atoms with Crippen LogP contribution in [0.2, 0.25) is 0 Å². The lowest BCUT2D eigenvalue weighted by atomic mass is 10.6. The molecule has 0 aromatic rings. The lowest BCUT2D eigenvalue weighted by molar-refractivity contribution is -0.118. The number of hydrogen-bond donors (Lipinski definition) is 3. The quantitative estimate of drug-likeness (QED) is 0.387.